The fourth-order valence-electron chi connectivity index (χ4n) is 3.09. The number of imidazole rings is 1. The Morgan fingerprint density at radius 1 is 1.29 bits per heavy atom. The lowest BCUT2D eigenvalue weighted by Crippen LogP contribution is -2.39. The van der Waals surface area contributed by atoms with Crippen molar-refractivity contribution in [2.24, 2.45) is 5.73 Å². The Balaban J connectivity index is 1.69. The van der Waals surface area contributed by atoms with Gasteiger partial charge in [0.25, 0.3) is 11.8 Å². The Morgan fingerprint density at radius 3 is 2.46 bits per heavy atom. The molecule has 8 heteroatoms. The highest BCUT2D eigenvalue weighted by molar-refractivity contribution is 7.10. The minimum atomic E-state index is -0.623. The number of primary amides is 1. The lowest BCUT2D eigenvalue weighted by atomic mass is 10.0. The number of carbonyl (C=O) groups excluding carboxylic acids is 2. The molecule has 4 N–H and O–H groups in total. The van der Waals surface area contributed by atoms with E-state index in [2.05, 4.69) is 4.98 Å². The molecule has 0 aromatic carbocycles. The van der Waals surface area contributed by atoms with Gasteiger partial charge in [-0.15, -0.1) is 11.3 Å². The predicted molar refractivity (Wildman–Crippen MR) is 93.1 cm³/mol. The van der Waals surface area contributed by atoms with E-state index in [4.69, 9.17) is 11.5 Å². The summed E-state index contributed by atoms with van der Waals surface area (Å²) in [5.74, 6) is -0.231. The molecule has 0 spiro atoms. The molecule has 0 aliphatic carbocycles. The third-order valence-corrected chi connectivity index (χ3v) is 5.74. The molecule has 2 aromatic rings. The number of hydrogen-bond donors (Lipinski definition) is 2. The quantitative estimate of drug-likeness (QED) is 0.881. The molecule has 0 radical (unpaired) electrons. The van der Waals surface area contributed by atoms with E-state index in [1.807, 2.05) is 24.1 Å². The van der Waals surface area contributed by atoms with Crippen LogP contribution in [0.1, 0.15) is 50.2 Å². The molecular formula is C16H21N5O2S. The Bertz CT molecular complexity index is 786. The highest BCUT2D eigenvalue weighted by Gasteiger charge is 2.27. The maximum Gasteiger partial charge on any atom is 0.271 e. The molecule has 3 rings (SSSR count). The normalized spacial score (nSPS) is 15.7. The van der Waals surface area contributed by atoms with Crippen LogP contribution in [0.4, 0.5) is 5.82 Å². The third-order valence-electron chi connectivity index (χ3n) is 4.73. The number of rotatable bonds is 3. The maximum absolute atomic E-state index is 12.7. The van der Waals surface area contributed by atoms with Crippen molar-refractivity contribution < 1.29 is 9.59 Å². The summed E-state index contributed by atoms with van der Waals surface area (Å²) in [6, 6.07) is 0.125. The minimum absolute atomic E-state index is 0.0896. The molecular weight excluding hydrogens is 326 g/mol. The van der Waals surface area contributed by atoms with Gasteiger partial charge in [0.15, 0.2) is 5.69 Å². The van der Waals surface area contributed by atoms with Crippen LogP contribution in [0.25, 0.3) is 0 Å². The number of carbonyl (C=O) groups is 2. The first-order valence-corrected chi connectivity index (χ1v) is 8.74. The van der Waals surface area contributed by atoms with Gasteiger partial charge in [0.1, 0.15) is 5.82 Å². The van der Waals surface area contributed by atoms with Gasteiger partial charge in [-0.1, -0.05) is 0 Å². The molecule has 0 atom stereocenters. The molecule has 1 saturated heterocycles. The first-order chi connectivity index (χ1) is 11.4. The molecule has 7 nitrogen and oxygen atoms in total. The fraction of sp³-hybridized carbons (Fsp3) is 0.438. The molecule has 0 saturated carbocycles. The second-order valence-corrected chi connectivity index (χ2v) is 7.19. The highest BCUT2D eigenvalue weighted by Crippen LogP contribution is 2.28. The molecule has 128 valence electrons. The SMILES string of the molecule is Cc1scc(C(=O)N2CCC(n3cnc(C(N)=O)c3N)CC2)c1C. The number of nitrogen functional groups attached to an aromatic ring is 1. The van der Waals surface area contributed by atoms with Crippen molar-refractivity contribution in [2.75, 3.05) is 18.8 Å². The van der Waals surface area contributed by atoms with Crippen LogP contribution in [0.2, 0.25) is 0 Å². The average molecular weight is 347 g/mol. The molecule has 2 aromatic heterocycles. The van der Waals surface area contributed by atoms with Crippen molar-refractivity contribution in [3.63, 3.8) is 0 Å². The maximum atomic E-state index is 12.7. The van der Waals surface area contributed by atoms with E-state index in [0.29, 0.717) is 18.9 Å². The average Bonchev–Trinajstić information content (AvgIpc) is 3.11. The lowest BCUT2D eigenvalue weighted by molar-refractivity contribution is 0.0695. The highest BCUT2D eigenvalue weighted by atomic mass is 32.1. The topological polar surface area (TPSA) is 107 Å². The molecule has 3 heterocycles. The summed E-state index contributed by atoms with van der Waals surface area (Å²) >= 11 is 1.61. The summed E-state index contributed by atoms with van der Waals surface area (Å²) in [4.78, 5) is 31.0. The number of nitrogens with two attached hydrogens (primary N) is 2. The lowest BCUT2D eigenvalue weighted by Gasteiger charge is -2.33. The van der Waals surface area contributed by atoms with Gasteiger partial charge in [-0.25, -0.2) is 4.98 Å². The third kappa shape index (κ3) is 2.77. The van der Waals surface area contributed by atoms with Gasteiger partial charge in [-0.2, -0.15) is 0 Å². The molecule has 0 bridgehead atoms. The summed E-state index contributed by atoms with van der Waals surface area (Å²) in [5.41, 5.74) is 13.2. The first-order valence-electron chi connectivity index (χ1n) is 7.86. The predicted octanol–water partition coefficient (Wildman–Crippen LogP) is 1.72. The number of nitrogens with zero attached hydrogens (tertiary/aromatic N) is 3. The Labute approximate surface area is 144 Å². The molecule has 1 aliphatic rings. The number of anilines is 1. The van der Waals surface area contributed by atoms with Crippen LogP contribution >= 0.6 is 11.3 Å². The summed E-state index contributed by atoms with van der Waals surface area (Å²) < 4.78 is 1.79. The van der Waals surface area contributed by atoms with E-state index in [0.717, 1.165) is 24.0 Å². The molecule has 1 aliphatic heterocycles. The van der Waals surface area contributed by atoms with Crippen molar-refractivity contribution >= 4 is 29.0 Å². The van der Waals surface area contributed by atoms with Crippen molar-refractivity contribution in [2.45, 2.75) is 32.7 Å². The largest absolute Gasteiger partial charge is 0.383 e. The minimum Gasteiger partial charge on any atom is -0.383 e. The van der Waals surface area contributed by atoms with Crippen molar-refractivity contribution in [3.8, 4) is 0 Å². The van der Waals surface area contributed by atoms with Crippen LogP contribution in [0, 0.1) is 13.8 Å². The van der Waals surface area contributed by atoms with Crippen LogP contribution in [0.15, 0.2) is 11.7 Å². The Kier molecular flexibility index (Phi) is 4.31. The summed E-state index contributed by atoms with van der Waals surface area (Å²) in [6.45, 7) is 5.33. The Morgan fingerprint density at radius 2 is 1.96 bits per heavy atom. The number of hydrogen-bond acceptors (Lipinski definition) is 5. The summed E-state index contributed by atoms with van der Waals surface area (Å²) in [6.07, 6.45) is 3.10. The van der Waals surface area contributed by atoms with Crippen LogP contribution in [0.5, 0.6) is 0 Å². The van der Waals surface area contributed by atoms with Crippen molar-refractivity contribution in [1.82, 2.24) is 14.5 Å². The smallest absolute Gasteiger partial charge is 0.271 e. The number of thiophene rings is 1. The summed E-state index contributed by atoms with van der Waals surface area (Å²) in [5, 5.41) is 1.94. The fourth-order valence-corrected chi connectivity index (χ4v) is 3.95. The van der Waals surface area contributed by atoms with E-state index >= 15 is 0 Å². The van der Waals surface area contributed by atoms with Gasteiger partial charge in [-0.3, -0.25) is 9.59 Å². The van der Waals surface area contributed by atoms with Crippen molar-refractivity contribution in [1.29, 1.82) is 0 Å². The van der Waals surface area contributed by atoms with E-state index in [-0.39, 0.29) is 17.6 Å². The van der Waals surface area contributed by atoms with Crippen LogP contribution in [-0.4, -0.2) is 39.4 Å². The van der Waals surface area contributed by atoms with Gasteiger partial charge >= 0.3 is 0 Å². The molecule has 2 amide bonds. The number of piperidine rings is 1. The molecule has 24 heavy (non-hydrogen) atoms. The zero-order valence-corrected chi connectivity index (χ0v) is 14.6. The van der Waals surface area contributed by atoms with Crippen LogP contribution in [-0.2, 0) is 0 Å². The van der Waals surface area contributed by atoms with Gasteiger partial charge in [-0.05, 0) is 32.3 Å². The van der Waals surface area contributed by atoms with E-state index in [9.17, 15) is 9.59 Å². The zero-order valence-electron chi connectivity index (χ0n) is 13.8. The molecule has 0 unspecified atom stereocenters. The number of aromatic nitrogens is 2. The van der Waals surface area contributed by atoms with E-state index in [1.165, 1.54) is 4.88 Å². The monoisotopic (exact) mass is 347 g/mol. The van der Waals surface area contributed by atoms with Crippen molar-refractivity contribution in [3.05, 3.63) is 33.4 Å². The number of aryl methyl sites for hydroxylation is 1. The van der Waals surface area contributed by atoms with Gasteiger partial charge in [0.2, 0.25) is 0 Å². The second kappa shape index (κ2) is 6.27. The zero-order chi connectivity index (χ0) is 17.4. The standard InChI is InChI=1S/C16H21N5O2S/c1-9-10(2)24-7-12(9)16(23)20-5-3-11(4-6-20)21-8-19-13(14(21)17)15(18)22/h7-8,11H,3-6,17H2,1-2H3,(H2,18,22). The molecule has 1 fully saturated rings. The second-order valence-electron chi connectivity index (χ2n) is 6.10. The van der Waals surface area contributed by atoms with Crippen LogP contribution < -0.4 is 11.5 Å². The van der Waals surface area contributed by atoms with Gasteiger partial charge < -0.3 is 20.9 Å². The van der Waals surface area contributed by atoms with Gasteiger partial charge in [0.05, 0.1) is 11.9 Å². The summed E-state index contributed by atoms with van der Waals surface area (Å²) in [7, 11) is 0. The van der Waals surface area contributed by atoms with Crippen LogP contribution in [0.3, 0.4) is 0 Å². The Hall–Kier alpha value is -2.35. The number of likely N-dealkylation sites (tertiary alicyclic amines) is 1. The van der Waals surface area contributed by atoms with E-state index in [1.54, 1.807) is 22.2 Å². The van der Waals surface area contributed by atoms with Gasteiger partial charge in [0, 0.05) is 29.4 Å². The van der Waals surface area contributed by atoms with E-state index < -0.39 is 5.91 Å². The first kappa shape index (κ1) is 16.5. The number of amides is 2.